The summed E-state index contributed by atoms with van der Waals surface area (Å²) in [5.41, 5.74) is 1.87. The molecule has 6 heteroatoms. The third-order valence-corrected chi connectivity index (χ3v) is 6.20. The van der Waals surface area contributed by atoms with E-state index in [0.717, 1.165) is 30.8 Å². The summed E-state index contributed by atoms with van der Waals surface area (Å²) < 4.78 is 24.3. The number of aryl methyl sites for hydroxylation is 1. The van der Waals surface area contributed by atoms with Crippen molar-refractivity contribution in [3.63, 3.8) is 0 Å². The van der Waals surface area contributed by atoms with Gasteiger partial charge in [-0.05, 0) is 38.4 Å². The highest BCUT2D eigenvalue weighted by atomic mass is 32.2. The van der Waals surface area contributed by atoms with Crippen LogP contribution in [-0.2, 0) is 20.4 Å². The fourth-order valence-corrected chi connectivity index (χ4v) is 4.40. The lowest BCUT2D eigenvalue weighted by Gasteiger charge is -2.19. The maximum absolute atomic E-state index is 12.2. The minimum atomic E-state index is -3.26. The Bertz CT molecular complexity index is 633. The molecule has 0 radical (unpaired) electrons. The number of rotatable bonds is 8. The molecule has 0 bridgehead atoms. The number of nitrogens with one attached hydrogen (secondary N) is 1. The molecule has 0 aromatic heterocycles. The molecule has 1 aliphatic rings. The summed E-state index contributed by atoms with van der Waals surface area (Å²) in [4.78, 5) is 14.3. The molecule has 0 spiro atoms. The second-order valence-corrected chi connectivity index (χ2v) is 9.12. The average Bonchev–Trinajstić information content (AvgIpc) is 2.84. The van der Waals surface area contributed by atoms with E-state index in [2.05, 4.69) is 10.2 Å². The van der Waals surface area contributed by atoms with Crippen LogP contribution in [0.25, 0.3) is 0 Å². The summed E-state index contributed by atoms with van der Waals surface area (Å²) in [5, 5.41) is 2.85. The van der Waals surface area contributed by atoms with Crippen LogP contribution in [0.4, 0.5) is 0 Å². The van der Waals surface area contributed by atoms with Crippen LogP contribution in [0.2, 0.25) is 0 Å². The summed E-state index contributed by atoms with van der Waals surface area (Å²) >= 11 is 0. The fraction of sp³-hybridized carbons (Fsp3) is 0.632. The zero-order chi connectivity index (χ0) is 18.1. The third-order valence-electron chi connectivity index (χ3n) is 4.60. The van der Waals surface area contributed by atoms with Crippen LogP contribution in [0.5, 0.6) is 0 Å². The van der Waals surface area contributed by atoms with E-state index in [1.807, 2.05) is 31.2 Å². The Hall–Kier alpha value is -1.40. The summed E-state index contributed by atoms with van der Waals surface area (Å²) in [6.07, 6.45) is 5.08. The quantitative estimate of drug-likeness (QED) is 0.767. The number of benzene rings is 1. The van der Waals surface area contributed by atoms with E-state index in [0.29, 0.717) is 6.54 Å². The molecule has 1 amide bonds. The van der Waals surface area contributed by atoms with Crippen LogP contribution >= 0.6 is 0 Å². The molecule has 0 atom stereocenters. The first-order chi connectivity index (χ1) is 11.9. The van der Waals surface area contributed by atoms with Crippen molar-refractivity contribution < 1.29 is 13.2 Å². The molecule has 2 rings (SSSR count). The standard InChI is InChI=1S/C19H30N2O3S/c1-17-6-8-18(9-7-17)16-25(23,24)15-10-19(22)20-11-14-21-12-4-2-3-5-13-21/h6-9H,2-5,10-16H2,1H3,(H,20,22). The van der Waals surface area contributed by atoms with E-state index in [1.165, 1.54) is 25.7 Å². The molecule has 25 heavy (non-hydrogen) atoms. The zero-order valence-corrected chi connectivity index (χ0v) is 16.0. The minimum absolute atomic E-state index is 0.00562. The third kappa shape index (κ3) is 8.01. The number of carbonyl (C=O) groups excluding carboxylic acids is 1. The largest absolute Gasteiger partial charge is 0.355 e. The van der Waals surface area contributed by atoms with Crippen LogP contribution in [-0.4, -0.2) is 51.2 Å². The van der Waals surface area contributed by atoms with Gasteiger partial charge in [-0.3, -0.25) is 4.79 Å². The lowest BCUT2D eigenvalue weighted by atomic mass is 10.2. The Morgan fingerprint density at radius 3 is 2.36 bits per heavy atom. The monoisotopic (exact) mass is 366 g/mol. The number of hydrogen-bond donors (Lipinski definition) is 1. The molecule has 1 saturated heterocycles. The van der Waals surface area contributed by atoms with Gasteiger partial charge in [0.2, 0.25) is 5.91 Å². The highest BCUT2D eigenvalue weighted by Crippen LogP contribution is 2.10. The Morgan fingerprint density at radius 2 is 1.72 bits per heavy atom. The molecule has 1 aromatic rings. The summed E-state index contributed by atoms with van der Waals surface area (Å²) in [5.74, 6) is -0.285. The Kier molecular flexibility index (Phi) is 7.90. The number of nitrogens with zero attached hydrogens (tertiary/aromatic N) is 1. The van der Waals surface area contributed by atoms with E-state index >= 15 is 0 Å². The second kappa shape index (κ2) is 9.92. The van der Waals surface area contributed by atoms with Gasteiger partial charge in [-0.2, -0.15) is 0 Å². The van der Waals surface area contributed by atoms with E-state index in [1.54, 1.807) is 0 Å². The van der Waals surface area contributed by atoms with E-state index < -0.39 is 9.84 Å². The molecule has 5 nitrogen and oxygen atoms in total. The number of likely N-dealkylation sites (tertiary alicyclic amines) is 1. The van der Waals surface area contributed by atoms with Crippen LogP contribution < -0.4 is 5.32 Å². The predicted octanol–water partition coefficient (Wildman–Crippen LogP) is 2.29. The number of amides is 1. The fourth-order valence-electron chi connectivity index (χ4n) is 3.06. The first-order valence-electron chi connectivity index (χ1n) is 9.20. The molecular weight excluding hydrogens is 336 g/mol. The summed E-state index contributed by atoms with van der Waals surface area (Å²) in [6, 6.07) is 7.46. The molecule has 1 fully saturated rings. The maximum atomic E-state index is 12.2. The van der Waals surface area contributed by atoms with E-state index in [4.69, 9.17) is 0 Å². The minimum Gasteiger partial charge on any atom is -0.355 e. The van der Waals surface area contributed by atoms with Gasteiger partial charge in [0.05, 0.1) is 11.5 Å². The second-order valence-electron chi connectivity index (χ2n) is 6.93. The lowest BCUT2D eigenvalue weighted by molar-refractivity contribution is -0.120. The zero-order valence-electron chi connectivity index (χ0n) is 15.2. The molecular formula is C19H30N2O3S. The van der Waals surface area contributed by atoms with Crippen LogP contribution in [0.1, 0.15) is 43.2 Å². The van der Waals surface area contributed by atoms with Gasteiger partial charge in [-0.25, -0.2) is 8.42 Å². The van der Waals surface area contributed by atoms with E-state index in [-0.39, 0.29) is 23.8 Å². The molecule has 1 N–H and O–H groups in total. The first kappa shape index (κ1) is 19.9. The van der Waals surface area contributed by atoms with Crippen molar-refractivity contribution in [2.45, 2.75) is 44.8 Å². The van der Waals surface area contributed by atoms with Crippen molar-refractivity contribution in [1.82, 2.24) is 10.2 Å². The van der Waals surface area contributed by atoms with Crippen molar-refractivity contribution in [3.05, 3.63) is 35.4 Å². The summed E-state index contributed by atoms with van der Waals surface area (Å²) in [6.45, 7) is 5.61. The van der Waals surface area contributed by atoms with Crippen LogP contribution in [0, 0.1) is 6.92 Å². The van der Waals surface area contributed by atoms with Gasteiger partial charge in [0.15, 0.2) is 9.84 Å². The van der Waals surface area contributed by atoms with Gasteiger partial charge < -0.3 is 10.2 Å². The van der Waals surface area contributed by atoms with Crippen LogP contribution in [0.3, 0.4) is 0 Å². The SMILES string of the molecule is Cc1ccc(CS(=O)(=O)CCC(=O)NCCN2CCCCCC2)cc1. The topological polar surface area (TPSA) is 66.5 Å². The number of carbonyl (C=O) groups is 1. The van der Waals surface area contributed by atoms with Crippen molar-refractivity contribution in [2.75, 3.05) is 31.9 Å². The highest BCUT2D eigenvalue weighted by Gasteiger charge is 2.15. The predicted molar refractivity (Wildman–Crippen MR) is 101 cm³/mol. The average molecular weight is 367 g/mol. The maximum Gasteiger partial charge on any atom is 0.221 e. The van der Waals surface area contributed by atoms with Crippen molar-refractivity contribution in [1.29, 1.82) is 0 Å². The van der Waals surface area contributed by atoms with Gasteiger partial charge in [-0.15, -0.1) is 0 Å². The smallest absolute Gasteiger partial charge is 0.221 e. The molecule has 0 aliphatic carbocycles. The van der Waals surface area contributed by atoms with Gasteiger partial charge in [-0.1, -0.05) is 42.7 Å². The highest BCUT2D eigenvalue weighted by molar-refractivity contribution is 7.90. The van der Waals surface area contributed by atoms with Gasteiger partial charge in [0, 0.05) is 19.5 Å². The van der Waals surface area contributed by atoms with E-state index in [9.17, 15) is 13.2 Å². The summed E-state index contributed by atoms with van der Waals surface area (Å²) in [7, 11) is -3.26. The Labute approximate surface area is 151 Å². The van der Waals surface area contributed by atoms with Crippen molar-refractivity contribution in [3.8, 4) is 0 Å². The van der Waals surface area contributed by atoms with Crippen molar-refractivity contribution >= 4 is 15.7 Å². The normalized spacial score (nSPS) is 16.4. The molecule has 1 aromatic carbocycles. The molecule has 1 heterocycles. The molecule has 140 valence electrons. The molecule has 1 aliphatic heterocycles. The first-order valence-corrected chi connectivity index (χ1v) is 11.0. The number of sulfone groups is 1. The Morgan fingerprint density at radius 1 is 1.08 bits per heavy atom. The van der Waals surface area contributed by atoms with Gasteiger partial charge in [0.25, 0.3) is 0 Å². The van der Waals surface area contributed by atoms with Crippen molar-refractivity contribution in [2.24, 2.45) is 0 Å². The van der Waals surface area contributed by atoms with Crippen LogP contribution in [0.15, 0.2) is 24.3 Å². The molecule has 0 unspecified atom stereocenters. The molecule has 0 saturated carbocycles. The van der Waals surface area contributed by atoms with Gasteiger partial charge >= 0.3 is 0 Å². The number of hydrogen-bond acceptors (Lipinski definition) is 4. The lowest BCUT2D eigenvalue weighted by Crippen LogP contribution is -2.36. The van der Waals surface area contributed by atoms with Gasteiger partial charge in [0.1, 0.15) is 0 Å². The Balaban J connectivity index is 1.66.